The number of methoxy groups -OCH3 is 2. The van der Waals surface area contributed by atoms with E-state index in [1.807, 2.05) is 56.3 Å². The van der Waals surface area contributed by atoms with Gasteiger partial charge in [-0.2, -0.15) is 0 Å². The third-order valence-electron chi connectivity index (χ3n) is 7.36. The van der Waals surface area contributed by atoms with Gasteiger partial charge in [0.25, 0.3) is 5.56 Å². The number of aryl methyl sites for hydroxylation is 1. The van der Waals surface area contributed by atoms with Crippen LogP contribution in [0.2, 0.25) is 0 Å². The molecule has 0 bridgehead atoms. The molecule has 0 fully saturated rings. The van der Waals surface area contributed by atoms with E-state index >= 15 is 0 Å². The fourth-order valence-electron chi connectivity index (χ4n) is 5.44. The normalized spacial score (nSPS) is 15.3. The van der Waals surface area contributed by atoms with Crippen LogP contribution >= 0.6 is 11.3 Å². The van der Waals surface area contributed by atoms with E-state index in [2.05, 4.69) is 10.6 Å². The van der Waals surface area contributed by atoms with E-state index in [-0.39, 0.29) is 12.2 Å². The average molecular weight is 560 g/mol. The van der Waals surface area contributed by atoms with Crippen LogP contribution in [0.1, 0.15) is 42.4 Å². The molecule has 5 rings (SSSR count). The van der Waals surface area contributed by atoms with Crippen LogP contribution in [0, 0.1) is 13.8 Å². The number of hydrogen-bond acceptors (Lipinski definition) is 7. The van der Waals surface area contributed by atoms with Crippen molar-refractivity contribution in [3.8, 4) is 5.75 Å². The Morgan fingerprint density at radius 2 is 1.90 bits per heavy atom. The maximum atomic E-state index is 14.2. The Hall–Kier alpha value is -3.95. The summed E-state index contributed by atoms with van der Waals surface area (Å²) in [6.07, 6.45) is 1.91. The highest BCUT2D eigenvalue weighted by atomic mass is 32.1. The highest BCUT2D eigenvalue weighted by molar-refractivity contribution is 7.07. The minimum absolute atomic E-state index is 0.206. The number of aromatic nitrogens is 2. The summed E-state index contributed by atoms with van der Waals surface area (Å²) >= 11 is 1.31. The summed E-state index contributed by atoms with van der Waals surface area (Å²) in [7, 11) is 3.28. The van der Waals surface area contributed by atoms with Crippen molar-refractivity contribution in [2.45, 2.75) is 40.3 Å². The monoisotopic (exact) mass is 559 g/mol. The predicted molar refractivity (Wildman–Crippen MR) is 157 cm³/mol. The van der Waals surface area contributed by atoms with Crippen LogP contribution in [-0.4, -0.2) is 42.5 Å². The lowest BCUT2D eigenvalue weighted by molar-refractivity contribution is -0.139. The molecule has 0 aliphatic carbocycles. The number of thiazole rings is 1. The molecule has 0 spiro atoms. The van der Waals surface area contributed by atoms with Crippen LogP contribution < -0.4 is 19.6 Å². The summed E-state index contributed by atoms with van der Waals surface area (Å²) in [5, 5.41) is 1.86. The number of carbonyl (C=O) groups excluding carboxylic acids is 1. The van der Waals surface area contributed by atoms with Crippen LogP contribution in [0.4, 0.5) is 0 Å². The molecule has 0 radical (unpaired) electrons. The molecule has 1 aliphatic heterocycles. The third kappa shape index (κ3) is 4.69. The molecule has 2 aromatic heterocycles. The van der Waals surface area contributed by atoms with Crippen LogP contribution in [0.15, 0.2) is 63.5 Å². The van der Waals surface area contributed by atoms with Gasteiger partial charge >= 0.3 is 5.97 Å². The molecule has 0 unspecified atom stereocenters. The lowest BCUT2D eigenvalue weighted by Crippen LogP contribution is -2.40. The lowest BCUT2D eigenvalue weighted by atomic mass is 9.90. The molecule has 0 saturated heterocycles. The first-order valence-electron chi connectivity index (χ1n) is 13.2. The molecular formula is C31H33N3O5S. The molecule has 4 aromatic rings. The molecule has 2 aromatic carbocycles. The maximum absolute atomic E-state index is 14.2. The fraction of sp³-hybridized carbons (Fsp3) is 0.323. The summed E-state index contributed by atoms with van der Waals surface area (Å²) in [5.74, 6) is 0.0798. The molecule has 8 nitrogen and oxygen atoms in total. The van der Waals surface area contributed by atoms with Gasteiger partial charge in [-0.15, -0.1) is 0 Å². The Balaban J connectivity index is 1.79. The van der Waals surface area contributed by atoms with Gasteiger partial charge in [0.15, 0.2) is 4.80 Å². The van der Waals surface area contributed by atoms with Crippen molar-refractivity contribution in [2.24, 2.45) is 4.99 Å². The number of hydrogen-bond donors (Lipinski definition) is 0. The van der Waals surface area contributed by atoms with E-state index in [1.54, 1.807) is 32.6 Å². The lowest BCUT2D eigenvalue weighted by Gasteiger charge is -2.27. The first kappa shape index (κ1) is 27.6. The van der Waals surface area contributed by atoms with Crippen molar-refractivity contribution in [1.29, 1.82) is 0 Å². The number of allylic oxidation sites excluding steroid dienone is 1. The number of benzene rings is 2. The second-order valence-electron chi connectivity index (χ2n) is 9.68. The van der Waals surface area contributed by atoms with Crippen LogP contribution in [0.3, 0.4) is 0 Å². The number of ether oxygens (including phenoxy) is 3. The molecule has 0 saturated carbocycles. The molecule has 208 valence electrons. The van der Waals surface area contributed by atoms with E-state index in [1.165, 1.54) is 11.3 Å². The molecule has 1 aliphatic rings. The summed E-state index contributed by atoms with van der Waals surface area (Å²) in [5.41, 5.74) is 4.45. The van der Waals surface area contributed by atoms with Gasteiger partial charge in [0.2, 0.25) is 0 Å². The highest BCUT2D eigenvalue weighted by Gasteiger charge is 2.36. The van der Waals surface area contributed by atoms with Gasteiger partial charge in [0.05, 0.1) is 36.1 Å². The summed E-state index contributed by atoms with van der Waals surface area (Å²) in [6, 6.07) is 13.0. The molecule has 1 atom stereocenters. The van der Waals surface area contributed by atoms with Crippen molar-refractivity contribution >= 4 is 34.2 Å². The fourth-order valence-corrected chi connectivity index (χ4v) is 6.48. The number of rotatable bonds is 8. The van der Waals surface area contributed by atoms with Crippen molar-refractivity contribution < 1.29 is 19.0 Å². The summed E-state index contributed by atoms with van der Waals surface area (Å²) in [6.45, 7) is 9.17. The van der Waals surface area contributed by atoms with Crippen molar-refractivity contribution in [3.63, 3.8) is 0 Å². The van der Waals surface area contributed by atoms with E-state index < -0.39 is 12.0 Å². The minimum Gasteiger partial charge on any atom is -0.496 e. The van der Waals surface area contributed by atoms with Gasteiger partial charge in [-0.3, -0.25) is 9.36 Å². The van der Waals surface area contributed by atoms with E-state index in [9.17, 15) is 9.59 Å². The number of esters is 1. The molecule has 3 heterocycles. The van der Waals surface area contributed by atoms with Crippen molar-refractivity contribution in [1.82, 2.24) is 9.13 Å². The quantitative estimate of drug-likeness (QED) is 0.305. The Kier molecular flexibility index (Phi) is 7.78. The van der Waals surface area contributed by atoms with Gasteiger partial charge < -0.3 is 18.8 Å². The van der Waals surface area contributed by atoms with Crippen LogP contribution in [0.25, 0.3) is 16.8 Å². The largest absolute Gasteiger partial charge is 0.496 e. The number of fused-ring (bicyclic) bond motifs is 2. The molecule has 40 heavy (non-hydrogen) atoms. The van der Waals surface area contributed by atoms with Gasteiger partial charge in [-0.25, -0.2) is 9.79 Å². The average Bonchev–Trinajstić information content (AvgIpc) is 3.39. The van der Waals surface area contributed by atoms with E-state index in [0.717, 1.165) is 39.8 Å². The van der Waals surface area contributed by atoms with E-state index in [0.29, 0.717) is 33.0 Å². The first-order chi connectivity index (χ1) is 19.3. The topological polar surface area (TPSA) is 84.0 Å². The van der Waals surface area contributed by atoms with Crippen LogP contribution in [0.5, 0.6) is 5.75 Å². The van der Waals surface area contributed by atoms with Crippen molar-refractivity contribution in [2.75, 3.05) is 27.4 Å². The Bertz CT molecular complexity index is 1830. The minimum atomic E-state index is -0.771. The zero-order valence-corrected chi connectivity index (χ0v) is 24.4. The Morgan fingerprint density at radius 3 is 2.62 bits per heavy atom. The Morgan fingerprint density at radius 1 is 1.12 bits per heavy atom. The molecule has 0 amide bonds. The standard InChI is InChI=1S/C31H33N3O5S/c1-7-39-30(36)26-19(3)32-31-34(28(26)27-23-11-9-8-10-21(23)12-13-24(27)38-6)29(35)25(40-31)17-22-16-18(2)33(20(22)4)14-15-37-5/h8-13,16-17,28H,7,14-15H2,1-6H3/b25-17-/t28-/m1/s1. The first-order valence-corrected chi connectivity index (χ1v) is 14.0. The van der Waals surface area contributed by atoms with Gasteiger partial charge in [-0.05, 0) is 62.2 Å². The SMILES string of the molecule is CCOC(=O)C1=C(C)N=c2s/c(=C\c3cc(C)n(CCOC)c3C)c(=O)n2[C@H]1c1c(OC)ccc2ccccc12. The third-order valence-corrected chi connectivity index (χ3v) is 8.34. The number of carbonyl (C=O) groups is 1. The molecule has 9 heteroatoms. The predicted octanol–water partition coefficient (Wildman–Crippen LogP) is 4.02. The van der Waals surface area contributed by atoms with Crippen LogP contribution in [-0.2, 0) is 20.8 Å². The molecular weight excluding hydrogens is 526 g/mol. The zero-order chi connectivity index (χ0) is 28.6. The Labute approximate surface area is 236 Å². The van der Waals surface area contributed by atoms with Gasteiger partial charge in [-0.1, -0.05) is 41.7 Å². The maximum Gasteiger partial charge on any atom is 0.338 e. The van der Waals surface area contributed by atoms with Gasteiger partial charge in [0, 0.05) is 30.6 Å². The summed E-state index contributed by atoms with van der Waals surface area (Å²) < 4.78 is 20.9. The van der Waals surface area contributed by atoms with Crippen molar-refractivity contribution in [3.05, 3.63) is 95.9 Å². The highest BCUT2D eigenvalue weighted by Crippen LogP contribution is 2.40. The zero-order valence-electron chi connectivity index (χ0n) is 23.6. The number of nitrogens with zero attached hydrogens (tertiary/aromatic N) is 3. The smallest absolute Gasteiger partial charge is 0.338 e. The van der Waals surface area contributed by atoms with Gasteiger partial charge in [0.1, 0.15) is 11.8 Å². The summed E-state index contributed by atoms with van der Waals surface area (Å²) in [4.78, 5) is 32.8. The molecule has 0 N–H and O–H groups in total. The van der Waals surface area contributed by atoms with E-state index in [4.69, 9.17) is 19.2 Å². The second-order valence-corrected chi connectivity index (χ2v) is 10.7. The second kappa shape index (κ2) is 11.3.